The van der Waals surface area contributed by atoms with Gasteiger partial charge in [0.25, 0.3) is 15.9 Å². The average Bonchev–Trinajstić information content (AvgIpc) is 3.14. The van der Waals surface area contributed by atoms with Gasteiger partial charge in [-0.05, 0) is 54.6 Å². The molecule has 1 aromatic heterocycles. The molecule has 1 heterocycles. The maximum atomic E-state index is 12.9. The van der Waals surface area contributed by atoms with Crippen LogP contribution in [0.15, 0.2) is 70.0 Å². The van der Waals surface area contributed by atoms with E-state index >= 15 is 0 Å². The predicted molar refractivity (Wildman–Crippen MR) is 97.0 cm³/mol. The number of carbonyl (C=O) groups is 1. The van der Waals surface area contributed by atoms with Gasteiger partial charge in [0.2, 0.25) is 0 Å². The van der Waals surface area contributed by atoms with Crippen molar-refractivity contribution in [3.05, 3.63) is 82.4 Å². The summed E-state index contributed by atoms with van der Waals surface area (Å²) in [6.45, 7) is 0. The van der Waals surface area contributed by atoms with Crippen LogP contribution in [0.5, 0.6) is 0 Å². The Hall–Kier alpha value is -3.73. The molecule has 9 nitrogen and oxygen atoms in total. The molecular weight excluding hydrogens is 393 g/mol. The van der Waals surface area contributed by atoms with Gasteiger partial charge in [-0.1, -0.05) is 0 Å². The molecule has 0 unspecified atom stereocenters. The van der Waals surface area contributed by atoms with Crippen LogP contribution in [0, 0.1) is 15.9 Å². The minimum absolute atomic E-state index is 0.106. The van der Waals surface area contributed by atoms with Gasteiger partial charge in [0.15, 0.2) is 5.76 Å². The molecule has 0 saturated carbocycles. The molecule has 0 bridgehead atoms. The van der Waals surface area contributed by atoms with Crippen LogP contribution in [0.1, 0.15) is 10.6 Å². The van der Waals surface area contributed by atoms with E-state index in [9.17, 15) is 27.7 Å². The predicted octanol–water partition coefficient (Wildman–Crippen LogP) is 3.38. The van der Waals surface area contributed by atoms with Gasteiger partial charge in [-0.15, -0.1) is 0 Å². The Balaban J connectivity index is 1.68. The van der Waals surface area contributed by atoms with Crippen molar-refractivity contribution in [2.24, 2.45) is 0 Å². The van der Waals surface area contributed by atoms with Crippen molar-refractivity contribution in [1.29, 1.82) is 0 Å². The SMILES string of the molecule is O=C(Nc1ccc(NS(=O)(=O)c2ccc(F)cc2)cc1)c1ccc([N+](=O)[O-])o1. The third-order valence-corrected chi connectivity index (χ3v) is 4.91. The summed E-state index contributed by atoms with van der Waals surface area (Å²) in [5.41, 5.74) is 0.532. The molecule has 2 aromatic carbocycles. The number of nitrogens with one attached hydrogen (secondary N) is 2. The molecule has 0 radical (unpaired) electrons. The number of hydrogen-bond acceptors (Lipinski definition) is 6. The quantitative estimate of drug-likeness (QED) is 0.477. The number of sulfonamides is 1. The second kappa shape index (κ2) is 7.48. The van der Waals surface area contributed by atoms with Gasteiger partial charge in [0.05, 0.1) is 11.0 Å². The van der Waals surface area contributed by atoms with Crippen LogP contribution in [-0.2, 0) is 10.0 Å². The first-order valence-electron chi connectivity index (χ1n) is 7.69. The molecule has 0 aliphatic carbocycles. The van der Waals surface area contributed by atoms with E-state index in [1.54, 1.807) is 0 Å². The number of hydrogen-bond donors (Lipinski definition) is 2. The van der Waals surface area contributed by atoms with E-state index in [4.69, 9.17) is 4.42 Å². The lowest BCUT2D eigenvalue weighted by molar-refractivity contribution is -0.402. The number of nitrogens with zero attached hydrogens (tertiary/aromatic N) is 1. The van der Waals surface area contributed by atoms with E-state index in [1.807, 2.05) is 0 Å². The average molecular weight is 405 g/mol. The molecule has 0 atom stereocenters. The van der Waals surface area contributed by atoms with E-state index in [-0.39, 0.29) is 16.3 Å². The van der Waals surface area contributed by atoms with Crippen molar-refractivity contribution >= 4 is 33.2 Å². The third-order valence-electron chi connectivity index (χ3n) is 3.51. The fourth-order valence-electron chi connectivity index (χ4n) is 2.19. The number of furan rings is 1. The maximum absolute atomic E-state index is 12.9. The van der Waals surface area contributed by atoms with Gasteiger partial charge in [-0.25, -0.2) is 12.8 Å². The Morgan fingerprint density at radius 2 is 1.57 bits per heavy atom. The van der Waals surface area contributed by atoms with Crippen molar-refractivity contribution in [3.8, 4) is 0 Å². The molecule has 0 fully saturated rings. The van der Waals surface area contributed by atoms with E-state index in [0.717, 1.165) is 30.3 Å². The molecule has 11 heteroatoms. The van der Waals surface area contributed by atoms with Crippen molar-refractivity contribution in [2.45, 2.75) is 4.90 Å². The standard InChI is InChI=1S/C17H12FN3O6S/c18-11-1-7-14(8-2-11)28(25,26)20-13-5-3-12(4-6-13)19-17(22)15-9-10-16(27-15)21(23)24/h1-10,20H,(H,19,22). The minimum atomic E-state index is -3.90. The van der Waals surface area contributed by atoms with Gasteiger partial charge in [-0.2, -0.15) is 0 Å². The second-order valence-electron chi connectivity index (χ2n) is 5.49. The van der Waals surface area contributed by atoms with Gasteiger partial charge >= 0.3 is 5.88 Å². The van der Waals surface area contributed by atoms with Crippen molar-refractivity contribution in [2.75, 3.05) is 10.0 Å². The number of rotatable bonds is 6. The zero-order valence-corrected chi connectivity index (χ0v) is 14.8. The highest BCUT2D eigenvalue weighted by atomic mass is 32.2. The summed E-state index contributed by atoms with van der Waals surface area (Å²) >= 11 is 0. The van der Waals surface area contributed by atoms with E-state index in [0.29, 0.717) is 5.69 Å². The maximum Gasteiger partial charge on any atom is 0.433 e. The number of amides is 1. The lowest BCUT2D eigenvalue weighted by Crippen LogP contribution is -2.13. The Kier molecular flexibility index (Phi) is 5.09. The number of halogens is 1. The molecule has 0 spiro atoms. The molecule has 1 amide bonds. The van der Waals surface area contributed by atoms with Gasteiger partial charge in [0.1, 0.15) is 10.7 Å². The van der Waals surface area contributed by atoms with Crippen LogP contribution in [0.2, 0.25) is 0 Å². The van der Waals surface area contributed by atoms with Gasteiger partial charge < -0.3 is 9.73 Å². The summed E-state index contributed by atoms with van der Waals surface area (Å²) in [5, 5.41) is 13.0. The van der Waals surface area contributed by atoms with Gasteiger partial charge in [-0.3, -0.25) is 19.6 Å². The molecule has 0 saturated heterocycles. The number of benzene rings is 2. The normalized spacial score (nSPS) is 11.0. The lowest BCUT2D eigenvalue weighted by Gasteiger charge is -2.09. The Labute approximate surface area is 158 Å². The molecule has 2 N–H and O–H groups in total. The molecule has 3 aromatic rings. The van der Waals surface area contributed by atoms with E-state index in [2.05, 4.69) is 10.0 Å². The summed E-state index contributed by atoms with van der Waals surface area (Å²) in [6, 6.07) is 12.2. The Morgan fingerprint density at radius 3 is 2.14 bits per heavy atom. The number of carbonyl (C=O) groups excluding carboxylic acids is 1. The van der Waals surface area contributed by atoms with Crippen LogP contribution < -0.4 is 10.0 Å². The van der Waals surface area contributed by atoms with Crippen LogP contribution in [0.4, 0.5) is 21.6 Å². The van der Waals surface area contributed by atoms with Crippen molar-refractivity contribution in [1.82, 2.24) is 0 Å². The largest absolute Gasteiger partial charge is 0.433 e. The fourth-order valence-corrected chi connectivity index (χ4v) is 3.25. The molecule has 3 rings (SSSR count). The zero-order valence-electron chi connectivity index (χ0n) is 14.0. The first-order chi connectivity index (χ1) is 13.2. The molecule has 0 aliphatic heterocycles. The highest BCUT2D eigenvalue weighted by Gasteiger charge is 2.18. The summed E-state index contributed by atoms with van der Waals surface area (Å²) in [7, 11) is -3.90. The molecule has 0 aliphatic rings. The van der Waals surface area contributed by atoms with Crippen LogP contribution >= 0.6 is 0 Å². The smallest absolute Gasteiger partial charge is 0.395 e. The van der Waals surface area contributed by atoms with E-state index in [1.165, 1.54) is 30.3 Å². The van der Waals surface area contributed by atoms with Crippen molar-refractivity contribution < 1.29 is 26.9 Å². The van der Waals surface area contributed by atoms with Gasteiger partial charge in [0, 0.05) is 11.4 Å². The zero-order chi connectivity index (χ0) is 20.3. The minimum Gasteiger partial charge on any atom is -0.395 e. The van der Waals surface area contributed by atoms with Crippen LogP contribution in [0.25, 0.3) is 0 Å². The van der Waals surface area contributed by atoms with Crippen LogP contribution in [0.3, 0.4) is 0 Å². The summed E-state index contributed by atoms with van der Waals surface area (Å²) in [6.07, 6.45) is 0. The highest BCUT2D eigenvalue weighted by molar-refractivity contribution is 7.92. The lowest BCUT2D eigenvalue weighted by atomic mass is 10.3. The molecule has 28 heavy (non-hydrogen) atoms. The Bertz CT molecular complexity index is 1120. The summed E-state index contributed by atoms with van der Waals surface area (Å²) < 4.78 is 44.5. The van der Waals surface area contributed by atoms with Crippen LogP contribution in [-0.4, -0.2) is 19.2 Å². The summed E-state index contributed by atoms with van der Waals surface area (Å²) in [5.74, 6) is -2.06. The first-order valence-corrected chi connectivity index (χ1v) is 9.17. The second-order valence-corrected chi connectivity index (χ2v) is 7.17. The first kappa shape index (κ1) is 19.0. The summed E-state index contributed by atoms with van der Waals surface area (Å²) in [4.78, 5) is 21.7. The highest BCUT2D eigenvalue weighted by Crippen LogP contribution is 2.20. The molecular formula is C17H12FN3O6S. The monoisotopic (exact) mass is 405 g/mol. The topological polar surface area (TPSA) is 132 Å². The van der Waals surface area contributed by atoms with Crippen molar-refractivity contribution in [3.63, 3.8) is 0 Å². The third kappa shape index (κ3) is 4.32. The number of nitro groups is 1. The number of anilines is 2. The van der Waals surface area contributed by atoms with E-state index < -0.39 is 32.6 Å². The Morgan fingerprint density at radius 1 is 0.964 bits per heavy atom. The fraction of sp³-hybridized carbons (Fsp3) is 0. The molecule has 144 valence electrons.